The van der Waals surface area contributed by atoms with E-state index in [1.54, 1.807) is 0 Å². The summed E-state index contributed by atoms with van der Waals surface area (Å²) in [5, 5.41) is 5.75. The Morgan fingerprint density at radius 2 is 2.16 bits per heavy atom. The van der Waals surface area contributed by atoms with E-state index in [1.807, 2.05) is 18.4 Å². The average Bonchev–Trinajstić information content (AvgIpc) is 3.30. The first-order chi connectivity index (χ1) is 12.1. The van der Waals surface area contributed by atoms with Crippen LogP contribution in [0.4, 0.5) is 0 Å². The standard InChI is InChI=1S/C19H32N4OS/c1-19(2,17-5-4-12-25-17)15-21-18(20-3)23-9-7-22(8-10-23)13-16-6-11-24-14-16/h4-5,12,16H,6-11,13-15H2,1-3H3,(H,20,21). The highest BCUT2D eigenvalue weighted by molar-refractivity contribution is 7.10. The van der Waals surface area contributed by atoms with Crippen LogP contribution in [0.15, 0.2) is 22.5 Å². The Labute approximate surface area is 156 Å². The Kier molecular flexibility index (Phi) is 6.36. The van der Waals surface area contributed by atoms with Gasteiger partial charge < -0.3 is 15.0 Å². The van der Waals surface area contributed by atoms with E-state index in [0.29, 0.717) is 0 Å². The van der Waals surface area contributed by atoms with E-state index in [4.69, 9.17) is 4.74 Å². The predicted octanol–water partition coefficient (Wildman–Crippen LogP) is 2.26. The van der Waals surface area contributed by atoms with Crippen LogP contribution in [-0.4, -0.2) is 75.3 Å². The van der Waals surface area contributed by atoms with Gasteiger partial charge in [0.05, 0.1) is 6.61 Å². The van der Waals surface area contributed by atoms with Gasteiger partial charge in [0.25, 0.3) is 0 Å². The highest BCUT2D eigenvalue weighted by Crippen LogP contribution is 2.26. The van der Waals surface area contributed by atoms with E-state index in [-0.39, 0.29) is 5.41 Å². The summed E-state index contributed by atoms with van der Waals surface area (Å²) < 4.78 is 5.50. The van der Waals surface area contributed by atoms with Crippen LogP contribution < -0.4 is 5.32 Å². The van der Waals surface area contributed by atoms with Crippen LogP contribution in [0, 0.1) is 5.92 Å². The lowest BCUT2D eigenvalue weighted by Gasteiger charge is -2.38. The molecule has 2 aliphatic rings. The average molecular weight is 365 g/mol. The van der Waals surface area contributed by atoms with Crippen molar-refractivity contribution in [2.75, 3.05) is 59.5 Å². The molecule has 2 fully saturated rings. The molecule has 1 unspecified atom stereocenters. The second-order valence-electron chi connectivity index (χ2n) is 7.78. The molecule has 1 aromatic heterocycles. The lowest BCUT2D eigenvalue weighted by molar-refractivity contribution is 0.139. The minimum Gasteiger partial charge on any atom is -0.381 e. The summed E-state index contributed by atoms with van der Waals surface area (Å²) in [6, 6.07) is 4.35. The minimum absolute atomic E-state index is 0.119. The third kappa shape index (κ3) is 4.96. The molecule has 0 spiro atoms. The number of hydrogen-bond acceptors (Lipinski definition) is 4. The molecule has 0 aromatic carbocycles. The molecule has 0 aliphatic carbocycles. The van der Waals surface area contributed by atoms with Gasteiger partial charge in [0.2, 0.25) is 0 Å². The van der Waals surface area contributed by atoms with Crippen LogP contribution >= 0.6 is 11.3 Å². The van der Waals surface area contributed by atoms with Crippen molar-refractivity contribution >= 4 is 17.3 Å². The molecule has 25 heavy (non-hydrogen) atoms. The first-order valence-corrected chi connectivity index (χ1v) is 10.3. The van der Waals surface area contributed by atoms with Crippen molar-refractivity contribution in [2.45, 2.75) is 25.7 Å². The van der Waals surface area contributed by atoms with E-state index in [9.17, 15) is 0 Å². The van der Waals surface area contributed by atoms with Gasteiger partial charge in [0, 0.05) is 63.2 Å². The third-order valence-electron chi connectivity index (χ3n) is 5.30. The molecule has 2 aliphatic heterocycles. The second kappa shape index (κ2) is 8.52. The van der Waals surface area contributed by atoms with E-state index < -0.39 is 0 Å². The number of hydrogen-bond donors (Lipinski definition) is 1. The van der Waals surface area contributed by atoms with E-state index in [0.717, 1.165) is 57.8 Å². The molecule has 3 heterocycles. The van der Waals surface area contributed by atoms with Crippen LogP contribution in [0.3, 0.4) is 0 Å². The van der Waals surface area contributed by atoms with Crippen LogP contribution in [-0.2, 0) is 10.2 Å². The van der Waals surface area contributed by atoms with Crippen LogP contribution in [0.5, 0.6) is 0 Å². The molecule has 6 heteroatoms. The second-order valence-corrected chi connectivity index (χ2v) is 8.73. The lowest BCUT2D eigenvalue weighted by atomic mass is 9.91. The molecule has 1 atom stereocenters. The van der Waals surface area contributed by atoms with Gasteiger partial charge in [-0.15, -0.1) is 11.3 Å². The molecule has 0 saturated carbocycles. The first-order valence-electron chi connectivity index (χ1n) is 9.38. The number of nitrogens with one attached hydrogen (secondary N) is 1. The molecule has 1 aromatic rings. The molecule has 0 bridgehead atoms. The fourth-order valence-electron chi connectivity index (χ4n) is 3.62. The van der Waals surface area contributed by atoms with Gasteiger partial charge in [-0.05, 0) is 23.8 Å². The third-order valence-corrected chi connectivity index (χ3v) is 6.54. The largest absolute Gasteiger partial charge is 0.381 e. The Morgan fingerprint density at radius 1 is 1.36 bits per heavy atom. The first kappa shape index (κ1) is 18.7. The van der Waals surface area contributed by atoms with Crippen molar-refractivity contribution in [3.05, 3.63) is 22.4 Å². The molecule has 140 valence electrons. The molecular formula is C19H32N4OS. The summed E-state index contributed by atoms with van der Waals surface area (Å²) >= 11 is 1.83. The summed E-state index contributed by atoms with van der Waals surface area (Å²) in [6.45, 7) is 12.9. The normalized spacial score (nSPS) is 23.2. The van der Waals surface area contributed by atoms with Gasteiger partial charge in [-0.3, -0.25) is 9.89 Å². The fraction of sp³-hybridized carbons (Fsp3) is 0.737. The van der Waals surface area contributed by atoms with E-state index in [1.165, 1.54) is 17.8 Å². The van der Waals surface area contributed by atoms with Crippen molar-refractivity contribution in [2.24, 2.45) is 10.9 Å². The minimum atomic E-state index is 0.119. The number of thiophene rings is 1. The number of ether oxygens (including phenoxy) is 1. The van der Waals surface area contributed by atoms with Gasteiger partial charge >= 0.3 is 0 Å². The molecule has 3 rings (SSSR count). The summed E-state index contributed by atoms with van der Waals surface area (Å²) in [6.07, 6.45) is 1.22. The summed E-state index contributed by atoms with van der Waals surface area (Å²) in [5.41, 5.74) is 0.119. The number of rotatable bonds is 5. The van der Waals surface area contributed by atoms with E-state index >= 15 is 0 Å². The summed E-state index contributed by atoms with van der Waals surface area (Å²) in [4.78, 5) is 10.9. The molecule has 2 saturated heterocycles. The van der Waals surface area contributed by atoms with Gasteiger partial charge in [-0.1, -0.05) is 19.9 Å². The maximum atomic E-state index is 5.50. The quantitative estimate of drug-likeness (QED) is 0.643. The Morgan fingerprint density at radius 3 is 2.76 bits per heavy atom. The lowest BCUT2D eigenvalue weighted by Crippen LogP contribution is -2.54. The number of nitrogens with zero attached hydrogens (tertiary/aromatic N) is 3. The van der Waals surface area contributed by atoms with Crippen molar-refractivity contribution in [3.8, 4) is 0 Å². The maximum Gasteiger partial charge on any atom is 0.193 e. The van der Waals surface area contributed by atoms with Crippen molar-refractivity contribution in [1.29, 1.82) is 0 Å². The number of aliphatic imine (C=N–C) groups is 1. The van der Waals surface area contributed by atoms with Crippen LogP contribution in [0.25, 0.3) is 0 Å². The Hall–Kier alpha value is -1.11. The van der Waals surface area contributed by atoms with Crippen LogP contribution in [0.1, 0.15) is 25.1 Å². The van der Waals surface area contributed by atoms with Crippen LogP contribution in [0.2, 0.25) is 0 Å². The van der Waals surface area contributed by atoms with Gasteiger partial charge in [0.1, 0.15) is 0 Å². The maximum absolute atomic E-state index is 5.50. The zero-order valence-electron chi connectivity index (χ0n) is 15.8. The SMILES string of the molecule is CN=C(NCC(C)(C)c1cccs1)N1CCN(CC2CCOC2)CC1. The number of piperazine rings is 1. The zero-order valence-corrected chi connectivity index (χ0v) is 16.6. The smallest absolute Gasteiger partial charge is 0.193 e. The Balaban J connectivity index is 1.46. The van der Waals surface area contributed by atoms with Gasteiger partial charge in [-0.2, -0.15) is 0 Å². The Bertz CT molecular complexity index is 544. The summed E-state index contributed by atoms with van der Waals surface area (Å²) in [7, 11) is 1.89. The van der Waals surface area contributed by atoms with Gasteiger partial charge in [-0.25, -0.2) is 0 Å². The highest BCUT2D eigenvalue weighted by atomic mass is 32.1. The van der Waals surface area contributed by atoms with Gasteiger partial charge in [0.15, 0.2) is 5.96 Å². The molecule has 0 amide bonds. The van der Waals surface area contributed by atoms with Crippen molar-refractivity contribution in [1.82, 2.24) is 15.1 Å². The molecular weight excluding hydrogens is 332 g/mol. The number of guanidine groups is 1. The van der Waals surface area contributed by atoms with Crippen molar-refractivity contribution < 1.29 is 4.74 Å². The molecule has 0 radical (unpaired) electrons. The fourth-order valence-corrected chi connectivity index (χ4v) is 4.47. The predicted molar refractivity (Wildman–Crippen MR) is 106 cm³/mol. The topological polar surface area (TPSA) is 40.1 Å². The molecule has 1 N–H and O–H groups in total. The van der Waals surface area contributed by atoms with Crippen molar-refractivity contribution in [3.63, 3.8) is 0 Å². The zero-order chi connectivity index (χ0) is 17.7. The molecule has 5 nitrogen and oxygen atoms in total. The highest BCUT2D eigenvalue weighted by Gasteiger charge is 2.26. The van der Waals surface area contributed by atoms with E-state index in [2.05, 4.69) is 51.5 Å². The monoisotopic (exact) mass is 364 g/mol. The summed E-state index contributed by atoms with van der Waals surface area (Å²) in [5.74, 6) is 1.77.